The lowest BCUT2D eigenvalue weighted by molar-refractivity contribution is 0.292. The van der Waals surface area contributed by atoms with E-state index in [1.54, 1.807) is 6.20 Å². The molecule has 0 atom stereocenters. The Morgan fingerprint density at radius 1 is 1.19 bits per heavy atom. The number of benzene rings is 1. The van der Waals surface area contributed by atoms with Gasteiger partial charge in [-0.25, -0.2) is 0 Å². The smallest absolute Gasteiger partial charge is 0.0529 e. The number of nitrogens with one attached hydrogen (secondary N) is 2. The van der Waals surface area contributed by atoms with Crippen LogP contribution in [0.5, 0.6) is 0 Å². The zero-order valence-electron chi connectivity index (χ0n) is 12.4. The van der Waals surface area contributed by atoms with Crippen LogP contribution in [0.2, 0.25) is 5.02 Å². The normalized spacial score (nSPS) is 9.52. The van der Waals surface area contributed by atoms with E-state index in [2.05, 4.69) is 15.6 Å². The van der Waals surface area contributed by atoms with Crippen LogP contribution in [-0.4, -0.2) is 30.3 Å². The van der Waals surface area contributed by atoms with Crippen LogP contribution in [0.15, 0.2) is 42.7 Å². The zero-order chi connectivity index (χ0) is 15.5. The largest absolute Gasteiger partial charge is 0.396 e. The number of aryl methyl sites for hydroxylation is 1. The summed E-state index contributed by atoms with van der Waals surface area (Å²) in [7, 11) is 1.87. The van der Waals surface area contributed by atoms with Gasteiger partial charge in [0.25, 0.3) is 0 Å². The van der Waals surface area contributed by atoms with E-state index in [-0.39, 0.29) is 6.61 Å². The third-order valence-electron chi connectivity index (χ3n) is 2.65. The van der Waals surface area contributed by atoms with Gasteiger partial charge in [0.05, 0.1) is 5.69 Å². The number of aliphatic hydroxyl groups is 1. The Bertz CT molecular complexity index is 534. The number of hydrogen-bond donors (Lipinski definition) is 3. The fraction of sp³-hybridized carbons (Fsp3) is 0.312. The second kappa shape index (κ2) is 10.0. The highest BCUT2D eigenvalue weighted by Crippen LogP contribution is 2.13. The highest BCUT2D eigenvalue weighted by molar-refractivity contribution is 6.30. The van der Waals surface area contributed by atoms with Crippen LogP contribution in [-0.2, 0) is 0 Å². The average molecular weight is 308 g/mol. The number of halogens is 1. The second-order valence-corrected chi connectivity index (χ2v) is 4.95. The first-order valence-electron chi connectivity index (χ1n) is 6.85. The summed E-state index contributed by atoms with van der Waals surface area (Å²) >= 11 is 5.68. The first kappa shape index (κ1) is 17.3. The van der Waals surface area contributed by atoms with Crippen LogP contribution >= 0.6 is 11.6 Å². The van der Waals surface area contributed by atoms with Crippen LogP contribution in [0, 0.1) is 6.92 Å². The predicted molar refractivity (Wildman–Crippen MR) is 90.2 cm³/mol. The number of pyridine rings is 1. The molecule has 2 rings (SSSR count). The molecule has 4 nitrogen and oxygen atoms in total. The monoisotopic (exact) mass is 307 g/mol. The number of aliphatic hydroxyl groups excluding tert-OH is 1. The maximum atomic E-state index is 8.54. The number of anilines is 2. The number of aromatic nitrogens is 1. The summed E-state index contributed by atoms with van der Waals surface area (Å²) < 4.78 is 0. The molecule has 2 aromatic rings. The van der Waals surface area contributed by atoms with Gasteiger partial charge in [-0.1, -0.05) is 17.7 Å². The van der Waals surface area contributed by atoms with Crippen molar-refractivity contribution in [2.75, 3.05) is 30.8 Å². The van der Waals surface area contributed by atoms with Crippen molar-refractivity contribution in [1.29, 1.82) is 0 Å². The molecule has 1 heterocycles. The molecule has 0 bridgehead atoms. The summed E-state index contributed by atoms with van der Waals surface area (Å²) in [5, 5.41) is 15.5. The lowest BCUT2D eigenvalue weighted by Gasteiger charge is -2.04. The molecule has 3 N–H and O–H groups in total. The van der Waals surface area contributed by atoms with E-state index >= 15 is 0 Å². The molecule has 0 spiro atoms. The Morgan fingerprint density at radius 2 is 2.00 bits per heavy atom. The van der Waals surface area contributed by atoms with E-state index in [4.69, 9.17) is 16.7 Å². The molecule has 0 amide bonds. The van der Waals surface area contributed by atoms with Crippen LogP contribution in [0.3, 0.4) is 0 Å². The van der Waals surface area contributed by atoms with Crippen molar-refractivity contribution in [2.45, 2.75) is 13.3 Å². The topological polar surface area (TPSA) is 57.2 Å². The Labute approximate surface area is 131 Å². The molecule has 0 aliphatic carbocycles. The van der Waals surface area contributed by atoms with E-state index in [0.717, 1.165) is 34.9 Å². The Hall–Kier alpha value is -1.78. The van der Waals surface area contributed by atoms with Gasteiger partial charge in [0, 0.05) is 43.3 Å². The molecule has 0 unspecified atom stereocenters. The number of nitrogens with zero attached hydrogens (tertiary/aromatic N) is 1. The lowest BCUT2D eigenvalue weighted by atomic mass is 10.3. The van der Waals surface area contributed by atoms with Gasteiger partial charge in [0.15, 0.2) is 0 Å². The fourth-order valence-corrected chi connectivity index (χ4v) is 1.80. The molecule has 21 heavy (non-hydrogen) atoms. The molecule has 0 aliphatic heterocycles. The minimum Gasteiger partial charge on any atom is -0.396 e. The Morgan fingerprint density at radius 3 is 2.57 bits per heavy atom. The minimum atomic E-state index is 0.228. The van der Waals surface area contributed by atoms with Crippen molar-refractivity contribution in [2.24, 2.45) is 0 Å². The molecule has 0 saturated heterocycles. The Kier molecular flexibility index (Phi) is 8.24. The number of hydrogen-bond acceptors (Lipinski definition) is 4. The molecular formula is C16H22ClN3O. The molecule has 0 saturated carbocycles. The first-order chi connectivity index (χ1) is 10.2. The third-order valence-corrected chi connectivity index (χ3v) is 2.89. The SMILES string of the molecule is CNc1cccc(Cl)c1.Cc1cncc(NCCCO)c1. The van der Waals surface area contributed by atoms with E-state index in [1.807, 2.05) is 50.5 Å². The average Bonchev–Trinajstić information content (AvgIpc) is 2.48. The predicted octanol–water partition coefficient (Wildman–Crippen LogP) is 3.57. The van der Waals surface area contributed by atoms with Crippen LogP contribution in [0.4, 0.5) is 11.4 Å². The lowest BCUT2D eigenvalue weighted by Crippen LogP contribution is -2.03. The minimum absolute atomic E-state index is 0.228. The maximum Gasteiger partial charge on any atom is 0.0529 e. The van der Waals surface area contributed by atoms with Gasteiger partial charge in [-0.2, -0.15) is 0 Å². The van der Waals surface area contributed by atoms with Crippen LogP contribution in [0.25, 0.3) is 0 Å². The van der Waals surface area contributed by atoms with Crippen molar-refractivity contribution < 1.29 is 5.11 Å². The van der Waals surface area contributed by atoms with E-state index in [9.17, 15) is 0 Å². The quantitative estimate of drug-likeness (QED) is 0.739. The fourth-order valence-electron chi connectivity index (χ4n) is 1.61. The first-order valence-corrected chi connectivity index (χ1v) is 7.23. The summed E-state index contributed by atoms with van der Waals surface area (Å²) in [5.74, 6) is 0. The van der Waals surface area contributed by atoms with Gasteiger partial charge in [-0.3, -0.25) is 4.98 Å². The van der Waals surface area contributed by atoms with Gasteiger partial charge in [0.1, 0.15) is 0 Å². The highest BCUT2D eigenvalue weighted by Gasteiger charge is 1.91. The van der Waals surface area contributed by atoms with Crippen LogP contribution in [0.1, 0.15) is 12.0 Å². The van der Waals surface area contributed by atoms with Gasteiger partial charge >= 0.3 is 0 Å². The van der Waals surface area contributed by atoms with E-state index < -0.39 is 0 Å². The van der Waals surface area contributed by atoms with Crippen LogP contribution < -0.4 is 10.6 Å². The summed E-state index contributed by atoms with van der Waals surface area (Å²) in [5.41, 5.74) is 3.20. The summed E-state index contributed by atoms with van der Waals surface area (Å²) in [6, 6.07) is 9.63. The molecular weight excluding hydrogens is 286 g/mol. The standard InChI is InChI=1S/C9H14N2O.C7H8ClN/c1-8-5-9(7-10-6-8)11-3-2-4-12;1-9-7-4-2-3-6(8)5-7/h5-7,11-12H,2-4H2,1H3;2-5,9H,1H3. The van der Waals surface area contributed by atoms with Crippen molar-refractivity contribution in [3.63, 3.8) is 0 Å². The zero-order valence-corrected chi connectivity index (χ0v) is 13.2. The molecule has 0 fully saturated rings. The van der Waals surface area contributed by atoms with Crippen molar-refractivity contribution in [3.8, 4) is 0 Å². The molecule has 0 radical (unpaired) electrons. The van der Waals surface area contributed by atoms with Gasteiger partial charge in [0.2, 0.25) is 0 Å². The number of rotatable bonds is 5. The summed E-state index contributed by atoms with van der Waals surface area (Å²) in [6.45, 7) is 3.03. The molecule has 5 heteroatoms. The molecule has 1 aromatic heterocycles. The molecule has 114 valence electrons. The van der Waals surface area contributed by atoms with Crippen molar-refractivity contribution in [1.82, 2.24) is 4.98 Å². The molecule has 1 aromatic carbocycles. The highest BCUT2D eigenvalue weighted by atomic mass is 35.5. The molecule has 0 aliphatic rings. The van der Waals surface area contributed by atoms with Gasteiger partial charge in [-0.05, 0) is 43.2 Å². The van der Waals surface area contributed by atoms with Crippen molar-refractivity contribution in [3.05, 3.63) is 53.3 Å². The Balaban J connectivity index is 0.000000219. The summed E-state index contributed by atoms with van der Waals surface area (Å²) in [4.78, 5) is 4.04. The summed E-state index contributed by atoms with van der Waals surface area (Å²) in [6.07, 6.45) is 4.37. The van der Waals surface area contributed by atoms with E-state index in [1.165, 1.54) is 0 Å². The second-order valence-electron chi connectivity index (χ2n) is 4.52. The van der Waals surface area contributed by atoms with Gasteiger partial charge < -0.3 is 15.7 Å². The van der Waals surface area contributed by atoms with E-state index in [0.29, 0.717) is 0 Å². The third kappa shape index (κ3) is 7.54. The maximum absolute atomic E-state index is 8.54. The van der Waals surface area contributed by atoms with Gasteiger partial charge in [-0.15, -0.1) is 0 Å². The van der Waals surface area contributed by atoms with Crippen molar-refractivity contribution >= 4 is 23.0 Å².